The lowest BCUT2D eigenvalue weighted by molar-refractivity contribution is -0.142. The molecule has 13 heavy (non-hydrogen) atoms. The van der Waals surface area contributed by atoms with E-state index in [1.807, 2.05) is 0 Å². The van der Waals surface area contributed by atoms with Crippen molar-refractivity contribution in [2.24, 2.45) is 5.92 Å². The molecule has 5 heteroatoms. The zero-order valence-electron chi connectivity index (χ0n) is 7.66. The van der Waals surface area contributed by atoms with Gasteiger partial charge in [0.1, 0.15) is 0 Å². The molecule has 0 bridgehead atoms. The largest absolute Gasteiger partial charge is 0.481 e. The Morgan fingerprint density at radius 2 is 1.92 bits per heavy atom. The van der Waals surface area contributed by atoms with Crippen molar-refractivity contribution in [3.05, 3.63) is 0 Å². The second kappa shape index (κ2) is 4.72. The van der Waals surface area contributed by atoms with E-state index in [2.05, 4.69) is 4.72 Å². The average Bonchev–Trinajstić information content (AvgIpc) is 2.04. The van der Waals surface area contributed by atoms with Gasteiger partial charge >= 0.3 is 5.97 Å². The zero-order chi connectivity index (χ0) is 9.84. The highest BCUT2D eigenvalue weighted by molar-refractivity contribution is 7.82. The molecule has 1 rings (SSSR count). The summed E-state index contributed by atoms with van der Waals surface area (Å²) in [4.78, 5) is 10.6. The molecule has 76 valence electrons. The van der Waals surface area contributed by atoms with Crippen molar-refractivity contribution in [2.45, 2.75) is 31.7 Å². The highest BCUT2D eigenvalue weighted by Crippen LogP contribution is 2.24. The molecule has 0 aliphatic heterocycles. The standard InChI is InChI=1S/C8H15NO3S/c1-13(12)9-7-4-2-6(3-5-7)8(10)11/h6-7,9H,2-5H2,1H3,(H,10,11). The van der Waals surface area contributed by atoms with E-state index in [4.69, 9.17) is 5.11 Å². The van der Waals surface area contributed by atoms with Crippen molar-refractivity contribution in [3.8, 4) is 0 Å². The summed E-state index contributed by atoms with van der Waals surface area (Å²) in [6.45, 7) is 0. The van der Waals surface area contributed by atoms with Crippen LogP contribution in [-0.2, 0) is 15.8 Å². The minimum Gasteiger partial charge on any atom is -0.481 e. The van der Waals surface area contributed by atoms with Gasteiger partial charge in [0.05, 0.1) is 16.9 Å². The predicted octanol–water partition coefficient (Wildman–Crippen LogP) is 0.513. The topological polar surface area (TPSA) is 66.4 Å². The van der Waals surface area contributed by atoms with Gasteiger partial charge < -0.3 is 5.11 Å². The number of hydrogen-bond acceptors (Lipinski definition) is 2. The molecule has 2 N–H and O–H groups in total. The highest BCUT2D eigenvalue weighted by atomic mass is 32.2. The van der Waals surface area contributed by atoms with Crippen molar-refractivity contribution >= 4 is 17.0 Å². The summed E-state index contributed by atoms with van der Waals surface area (Å²) in [6, 6.07) is 0.237. The second-order valence-corrected chi connectivity index (χ2v) is 4.60. The maximum absolute atomic E-state index is 10.8. The summed E-state index contributed by atoms with van der Waals surface area (Å²) in [7, 11) is -0.982. The van der Waals surface area contributed by atoms with Crippen molar-refractivity contribution in [1.82, 2.24) is 4.72 Å². The van der Waals surface area contributed by atoms with Crippen molar-refractivity contribution in [2.75, 3.05) is 6.26 Å². The van der Waals surface area contributed by atoms with Crippen molar-refractivity contribution < 1.29 is 14.1 Å². The molecule has 1 aliphatic rings. The van der Waals surface area contributed by atoms with Crippen LogP contribution in [0.4, 0.5) is 0 Å². The van der Waals surface area contributed by atoms with E-state index >= 15 is 0 Å². The molecule has 1 unspecified atom stereocenters. The maximum Gasteiger partial charge on any atom is 0.306 e. The molecule has 0 heterocycles. The van der Waals surface area contributed by atoms with Gasteiger partial charge in [-0.15, -0.1) is 0 Å². The van der Waals surface area contributed by atoms with Gasteiger partial charge in [-0.25, -0.2) is 8.93 Å². The number of carboxylic acid groups (broad SMARTS) is 1. The number of aliphatic carboxylic acids is 1. The molecule has 0 aromatic rings. The molecule has 0 aromatic heterocycles. The van der Waals surface area contributed by atoms with Gasteiger partial charge in [-0.2, -0.15) is 0 Å². The highest BCUT2D eigenvalue weighted by Gasteiger charge is 2.25. The van der Waals surface area contributed by atoms with Gasteiger partial charge in [0.2, 0.25) is 0 Å². The molecule has 0 spiro atoms. The van der Waals surface area contributed by atoms with Crippen LogP contribution in [0.3, 0.4) is 0 Å². The lowest BCUT2D eigenvalue weighted by Crippen LogP contribution is -2.35. The van der Waals surface area contributed by atoms with Crippen molar-refractivity contribution in [3.63, 3.8) is 0 Å². The van der Waals surface area contributed by atoms with Gasteiger partial charge in [0.15, 0.2) is 0 Å². The maximum atomic E-state index is 10.8. The fourth-order valence-electron chi connectivity index (χ4n) is 1.69. The summed E-state index contributed by atoms with van der Waals surface area (Å²) in [5.74, 6) is -0.889. The second-order valence-electron chi connectivity index (χ2n) is 3.46. The van der Waals surface area contributed by atoms with Crippen LogP contribution in [0.1, 0.15) is 25.7 Å². The summed E-state index contributed by atoms with van der Waals surface area (Å²) >= 11 is 0. The fraction of sp³-hybridized carbons (Fsp3) is 0.875. The van der Waals surface area contributed by atoms with Gasteiger partial charge in [-0.05, 0) is 25.7 Å². The Labute approximate surface area is 80.3 Å². The zero-order valence-corrected chi connectivity index (χ0v) is 8.47. The molecule has 4 nitrogen and oxygen atoms in total. The first-order valence-corrected chi connectivity index (χ1v) is 5.98. The van der Waals surface area contributed by atoms with E-state index in [1.54, 1.807) is 6.26 Å². The van der Waals surface area contributed by atoms with E-state index in [0.717, 1.165) is 12.8 Å². The first-order chi connectivity index (χ1) is 6.09. The Balaban J connectivity index is 2.30. The lowest BCUT2D eigenvalue weighted by Gasteiger charge is -2.25. The Hall–Kier alpha value is -0.420. The van der Waals surface area contributed by atoms with Gasteiger partial charge in [0.25, 0.3) is 0 Å². The molecule has 1 saturated carbocycles. The summed E-state index contributed by atoms with van der Waals surface area (Å²) < 4.78 is 13.7. The van der Waals surface area contributed by atoms with E-state index in [9.17, 15) is 9.00 Å². The quantitative estimate of drug-likeness (QED) is 0.705. The van der Waals surface area contributed by atoms with Gasteiger partial charge in [0, 0.05) is 12.3 Å². The van der Waals surface area contributed by atoms with E-state index < -0.39 is 17.0 Å². The lowest BCUT2D eigenvalue weighted by atomic mass is 9.87. The third-order valence-corrected chi connectivity index (χ3v) is 3.07. The number of nitrogens with one attached hydrogen (secondary N) is 1. The molecule has 0 radical (unpaired) electrons. The van der Waals surface area contributed by atoms with Crippen molar-refractivity contribution in [1.29, 1.82) is 0 Å². The third kappa shape index (κ3) is 3.44. The molecule has 1 fully saturated rings. The Bertz CT molecular complexity index is 211. The molecule has 0 aromatic carbocycles. The van der Waals surface area contributed by atoms with Gasteiger partial charge in [-0.1, -0.05) is 0 Å². The van der Waals surface area contributed by atoms with Crippen LogP contribution in [0.5, 0.6) is 0 Å². The molecule has 0 saturated heterocycles. The fourth-order valence-corrected chi connectivity index (χ4v) is 2.40. The van der Waals surface area contributed by atoms with Crippen LogP contribution >= 0.6 is 0 Å². The molecule has 1 aliphatic carbocycles. The number of carboxylic acids is 1. The van der Waals surface area contributed by atoms with Crippen LogP contribution in [0.25, 0.3) is 0 Å². The van der Waals surface area contributed by atoms with E-state index in [-0.39, 0.29) is 12.0 Å². The Kier molecular flexibility index (Phi) is 3.87. The number of carbonyl (C=O) groups is 1. The summed E-state index contributed by atoms with van der Waals surface area (Å²) in [6.07, 6.45) is 4.63. The minimum absolute atomic E-state index is 0.191. The van der Waals surface area contributed by atoms with Crippen LogP contribution in [0, 0.1) is 5.92 Å². The normalized spacial score (nSPS) is 31.2. The van der Waals surface area contributed by atoms with Crippen LogP contribution in [0.2, 0.25) is 0 Å². The Morgan fingerprint density at radius 3 is 2.31 bits per heavy atom. The van der Waals surface area contributed by atoms with E-state index in [1.165, 1.54) is 0 Å². The van der Waals surface area contributed by atoms with Crippen LogP contribution in [0.15, 0.2) is 0 Å². The SMILES string of the molecule is CS(=O)NC1CCC(C(=O)O)CC1. The first-order valence-electron chi connectivity index (χ1n) is 4.42. The third-order valence-electron chi connectivity index (χ3n) is 2.41. The molecular weight excluding hydrogens is 190 g/mol. The smallest absolute Gasteiger partial charge is 0.306 e. The molecular formula is C8H15NO3S. The van der Waals surface area contributed by atoms with Gasteiger partial charge in [-0.3, -0.25) is 4.79 Å². The first kappa shape index (κ1) is 10.7. The van der Waals surface area contributed by atoms with Crippen LogP contribution < -0.4 is 4.72 Å². The van der Waals surface area contributed by atoms with Crippen LogP contribution in [-0.4, -0.2) is 27.6 Å². The summed E-state index contributed by atoms with van der Waals surface area (Å²) in [5, 5.41) is 8.73. The predicted molar refractivity (Wildman–Crippen MR) is 50.6 cm³/mol. The molecule has 1 atom stereocenters. The summed E-state index contributed by atoms with van der Waals surface area (Å²) in [5.41, 5.74) is 0. The Morgan fingerprint density at radius 1 is 1.38 bits per heavy atom. The van der Waals surface area contributed by atoms with E-state index in [0.29, 0.717) is 12.8 Å². The monoisotopic (exact) mass is 205 g/mol. The number of hydrogen-bond donors (Lipinski definition) is 2. The number of rotatable bonds is 3. The molecule has 0 amide bonds. The average molecular weight is 205 g/mol. The minimum atomic E-state index is -0.982.